The van der Waals surface area contributed by atoms with E-state index in [1.165, 1.54) is 6.20 Å². The van der Waals surface area contributed by atoms with E-state index >= 15 is 0 Å². The number of hydrogen-bond donors (Lipinski definition) is 2. The van der Waals surface area contributed by atoms with Gasteiger partial charge in [-0.2, -0.15) is 10.4 Å². The number of carbonyl (C=O) groups is 2. The van der Waals surface area contributed by atoms with E-state index in [1.807, 2.05) is 50.2 Å². The van der Waals surface area contributed by atoms with Crippen molar-refractivity contribution in [1.29, 1.82) is 5.26 Å². The van der Waals surface area contributed by atoms with E-state index in [0.717, 1.165) is 27.7 Å². The summed E-state index contributed by atoms with van der Waals surface area (Å²) in [7, 11) is 0. The van der Waals surface area contributed by atoms with Gasteiger partial charge in [-0.25, -0.2) is 9.50 Å². The molecule has 2 aromatic heterocycles. The van der Waals surface area contributed by atoms with E-state index in [2.05, 4.69) is 27.0 Å². The Bertz CT molecular complexity index is 1440. The van der Waals surface area contributed by atoms with Crippen LogP contribution in [-0.2, 0) is 16.0 Å². The van der Waals surface area contributed by atoms with E-state index in [1.54, 1.807) is 17.5 Å². The van der Waals surface area contributed by atoms with Crippen molar-refractivity contribution in [2.75, 3.05) is 0 Å². The number of aryl methyl sites for hydroxylation is 2. The normalized spacial score (nSPS) is 11.7. The quantitative estimate of drug-likeness (QED) is 0.430. The van der Waals surface area contributed by atoms with Gasteiger partial charge >= 0.3 is 0 Å². The summed E-state index contributed by atoms with van der Waals surface area (Å²) < 4.78 is 7.33. The van der Waals surface area contributed by atoms with Crippen LogP contribution in [0.5, 0.6) is 5.75 Å². The van der Waals surface area contributed by atoms with Crippen molar-refractivity contribution < 1.29 is 14.3 Å². The SMILES string of the molecule is Cc1nc2c(C#N)cnn2c(C)c1CCC(=O)NNC(=O)C(C)Oc1ccc2ccccc2c1. The molecule has 1 atom stereocenters. The standard InChI is InChI=1S/C25H24N6O3/c1-15-22(16(2)31-24(28-15)20(13-26)14-27-31)10-11-23(32)29-30-25(33)17(3)34-21-9-8-18-6-4-5-7-19(18)12-21/h4-9,12,14,17H,10-11H2,1-3H3,(H,29,32)(H,30,33). The molecule has 9 nitrogen and oxygen atoms in total. The van der Waals surface area contributed by atoms with Crippen LogP contribution in [0, 0.1) is 25.2 Å². The molecular weight excluding hydrogens is 432 g/mol. The highest BCUT2D eigenvalue weighted by Crippen LogP contribution is 2.21. The Morgan fingerprint density at radius 2 is 1.91 bits per heavy atom. The Balaban J connectivity index is 1.31. The van der Waals surface area contributed by atoms with E-state index < -0.39 is 12.0 Å². The highest BCUT2D eigenvalue weighted by Gasteiger charge is 2.17. The molecule has 2 heterocycles. The van der Waals surface area contributed by atoms with Crippen LogP contribution in [-0.4, -0.2) is 32.5 Å². The molecule has 0 fully saturated rings. The van der Waals surface area contributed by atoms with Gasteiger partial charge in [-0.1, -0.05) is 30.3 Å². The zero-order valence-electron chi connectivity index (χ0n) is 19.1. The largest absolute Gasteiger partial charge is 0.481 e. The lowest BCUT2D eigenvalue weighted by Crippen LogP contribution is -2.47. The number of aromatic nitrogens is 3. The first-order valence-electron chi connectivity index (χ1n) is 10.9. The number of carbonyl (C=O) groups excluding carboxylic acids is 2. The highest BCUT2D eigenvalue weighted by atomic mass is 16.5. The van der Waals surface area contributed by atoms with Crippen LogP contribution in [0.2, 0.25) is 0 Å². The maximum atomic E-state index is 12.4. The summed E-state index contributed by atoms with van der Waals surface area (Å²) in [4.78, 5) is 29.2. The molecular formula is C25H24N6O3. The molecule has 0 radical (unpaired) electrons. The number of rotatable bonds is 6. The van der Waals surface area contributed by atoms with Crippen molar-refractivity contribution in [3.8, 4) is 11.8 Å². The molecule has 0 saturated carbocycles. The summed E-state index contributed by atoms with van der Waals surface area (Å²) in [5.41, 5.74) is 8.17. The average Bonchev–Trinajstić information content (AvgIpc) is 3.25. The third-order valence-corrected chi connectivity index (χ3v) is 5.66. The molecule has 4 aromatic rings. The summed E-state index contributed by atoms with van der Waals surface area (Å²) in [6.07, 6.45) is 1.23. The molecule has 172 valence electrons. The second kappa shape index (κ2) is 9.58. The molecule has 34 heavy (non-hydrogen) atoms. The lowest BCUT2D eigenvalue weighted by molar-refractivity contribution is -0.132. The Hall–Kier alpha value is -4.45. The predicted octanol–water partition coefficient (Wildman–Crippen LogP) is 2.92. The molecule has 9 heteroatoms. The Morgan fingerprint density at radius 3 is 2.68 bits per heavy atom. The molecule has 2 N–H and O–H groups in total. The summed E-state index contributed by atoms with van der Waals surface area (Å²) in [5, 5.41) is 15.5. The van der Waals surface area contributed by atoms with E-state index in [-0.39, 0.29) is 12.3 Å². The van der Waals surface area contributed by atoms with Crippen molar-refractivity contribution in [1.82, 2.24) is 25.4 Å². The van der Waals surface area contributed by atoms with E-state index in [4.69, 9.17) is 4.74 Å². The first kappa shape index (κ1) is 22.7. The minimum absolute atomic E-state index is 0.140. The number of nitrogens with one attached hydrogen (secondary N) is 2. The predicted molar refractivity (Wildman–Crippen MR) is 126 cm³/mol. The van der Waals surface area contributed by atoms with Crippen LogP contribution in [0.1, 0.15) is 35.9 Å². The second-order valence-electron chi connectivity index (χ2n) is 7.97. The summed E-state index contributed by atoms with van der Waals surface area (Å²) in [5.74, 6) is -0.236. The van der Waals surface area contributed by atoms with Crippen LogP contribution >= 0.6 is 0 Å². The molecule has 1 unspecified atom stereocenters. The number of hydrazine groups is 1. The number of ether oxygens (including phenoxy) is 1. The van der Waals surface area contributed by atoms with Gasteiger partial charge in [0.1, 0.15) is 17.4 Å². The maximum absolute atomic E-state index is 12.4. The van der Waals surface area contributed by atoms with Crippen LogP contribution in [0.3, 0.4) is 0 Å². The van der Waals surface area contributed by atoms with Crippen molar-refractivity contribution in [2.24, 2.45) is 0 Å². The number of fused-ring (bicyclic) bond motifs is 2. The first-order valence-corrected chi connectivity index (χ1v) is 10.9. The third kappa shape index (κ3) is 4.66. The van der Waals surface area contributed by atoms with Gasteiger partial charge in [0.05, 0.1) is 6.20 Å². The lowest BCUT2D eigenvalue weighted by Gasteiger charge is -2.16. The molecule has 4 rings (SSSR count). The molecule has 0 bridgehead atoms. The van der Waals surface area contributed by atoms with Crippen LogP contribution < -0.4 is 15.6 Å². The lowest BCUT2D eigenvalue weighted by atomic mass is 10.1. The second-order valence-corrected chi connectivity index (χ2v) is 7.97. The van der Waals surface area contributed by atoms with Crippen molar-refractivity contribution in [3.05, 3.63) is 71.2 Å². The molecule has 0 saturated heterocycles. The number of benzene rings is 2. The summed E-state index contributed by atoms with van der Waals surface area (Å²) >= 11 is 0. The fourth-order valence-electron chi connectivity index (χ4n) is 3.78. The zero-order valence-corrected chi connectivity index (χ0v) is 19.1. The summed E-state index contributed by atoms with van der Waals surface area (Å²) in [6, 6.07) is 15.5. The Morgan fingerprint density at radius 1 is 1.15 bits per heavy atom. The fraction of sp³-hybridized carbons (Fsp3) is 0.240. The number of nitriles is 1. The van der Waals surface area contributed by atoms with Gasteiger partial charge in [-0.15, -0.1) is 0 Å². The van der Waals surface area contributed by atoms with Gasteiger partial charge in [0, 0.05) is 17.8 Å². The van der Waals surface area contributed by atoms with Gasteiger partial charge in [-0.05, 0) is 55.7 Å². The molecule has 0 aliphatic heterocycles. The zero-order chi connectivity index (χ0) is 24.2. The minimum Gasteiger partial charge on any atom is -0.481 e. The average molecular weight is 457 g/mol. The van der Waals surface area contributed by atoms with Gasteiger partial charge in [0.2, 0.25) is 5.91 Å². The van der Waals surface area contributed by atoms with E-state index in [0.29, 0.717) is 23.4 Å². The molecule has 0 spiro atoms. The number of hydrogen-bond acceptors (Lipinski definition) is 6. The smallest absolute Gasteiger partial charge is 0.279 e. The monoisotopic (exact) mass is 456 g/mol. The minimum atomic E-state index is -0.799. The van der Waals surface area contributed by atoms with Gasteiger partial charge < -0.3 is 4.74 Å². The fourth-order valence-corrected chi connectivity index (χ4v) is 3.78. The first-order chi connectivity index (χ1) is 16.4. The number of nitrogens with zero attached hydrogens (tertiary/aromatic N) is 4. The van der Waals surface area contributed by atoms with Crippen molar-refractivity contribution in [2.45, 2.75) is 39.7 Å². The third-order valence-electron chi connectivity index (χ3n) is 5.66. The Labute approximate surface area is 196 Å². The maximum Gasteiger partial charge on any atom is 0.279 e. The molecule has 2 amide bonds. The van der Waals surface area contributed by atoms with Crippen molar-refractivity contribution in [3.63, 3.8) is 0 Å². The van der Waals surface area contributed by atoms with Crippen LogP contribution in [0.4, 0.5) is 0 Å². The Kier molecular flexibility index (Phi) is 6.41. The van der Waals surface area contributed by atoms with Crippen LogP contribution in [0.25, 0.3) is 16.4 Å². The summed E-state index contributed by atoms with van der Waals surface area (Å²) in [6.45, 7) is 5.32. The van der Waals surface area contributed by atoms with Gasteiger partial charge in [0.15, 0.2) is 11.8 Å². The van der Waals surface area contributed by atoms with Crippen LogP contribution in [0.15, 0.2) is 48.7 Å². The van der Waals surface area contributed by atoms with Gasteiger partial charge in [0.25, 0.3) is 5.91 Å². The molecule has 2 aromatic carbocycles. The topological polar surface area (TPSA) is 121 Å². The molecule has 0 aliphatic rings. The molecule has 0 aliphatic carbocycles. The van der Waals surface area contributed by atoms with Gasteiger partial charge in [-0.3, -0.25) is 20.4 Å². The highest BCUT2D eigenvalue weighted by molar-refractivity contribution is 5.86. The number of amides is 2. The van der Waals surface area contributed by atoms with Crippen molar-refractivity contribution >= 4 is 28.2 Å². The van der Waals surface area contributed by atoms with E-state index in [9.17, 15) is 14.9 Å².